The van der Waals surface area contributed by atoms with Gasteiger partial charge in [-0.3, -0.25) is 0 Å². The van der Waals surface area contributed by atoms with Gasteiger partial charge in [-0.15, -0.1) is 5.10 Å². The molecule has 4 nitrogen and oxygen atoms in total. The van der Waals surface area contributed by atoms with E-state index in [4.69, 9.17) is 21.1 Å². The first-order chi connectivity index (χ1) is 9.10. The highest BCUT2D eigenvalue weighted by molar-refractivity contribution is 9.11. The van der Waals surface area contributed by atoms with E-state index < -0.39 is 0 Å². The van der Waals surface area contributed by atoms with Gasteiger partial charge in [-0.2, -0.15) is 5.10 Å². The third kappa shape index (κ3) is 3.81. The van der Waals surface area contributed by atoms with Gasteiger partial charge in [0.1, 0.15) is 23.8 Å². The van der Waals surface area contributed by atoms with Crippen LogP contribution < -0.4 is 9.47 Å². The van der Waals surface area contributed by atoms with E-state index >= 15 is 0 Å². The molecule has 100 valence electrons. The standard InChI is InChI=1S/C12H9Br2ClN2O2/c1-18-10-4-9(14)11(5-8(10)13)19-6-7-2-3-12(15)17-16-7/h2-5H,6H2,1H3. The van der Waals surface area contributed by atoms with E-state index in [1.807, 2.05) is 12.1 Å². The van der Waals surface area contributed by atoms with E-state index in [-0.39, 0.29) is 0 Å². The van der Waals surface area contributed by atoms with Crippen molar-refractivity contribution in [2.75, 3.05) is 7.11 Å². The molecule has 0 spiro atoms. The van der Waals surface area contributed by atoms with Gasteiger partial charge in [0.15, 0.2) is 5.15 Å². The molecule has 0 unspecified atom stereocenters. The molecule has 19 heavy (non-hydrogen) atoms. The molecule has 0 aliphatic heterocycles. The van der Waals surface area contributed by atoms with Crippen LogP contribution in [0.4, 0.5) is 0 Å². The van der Waals surface area contributed by atoms with Crippen molar-refractivity contribution in [3.8, 4) is 11.5 Å². The molecule has 7 heteroatoms. The van der Waals surface area contributed by atoms with Gasteiger partial charge in [-0.25, -0.2) is 0 Å². The predicted octanol–water partition coefficient (Wildman–Crippen LogP) is 4.24. The first kappa shape index (κ1) is 14.6. The van der Waals surface area contributed by atoms with Gasteiger partial charge in [0, 0.05) is 0 Å². The zero-order chi connectivity index (χ0) is 13.8. The first-order valence-corrected chi connectivity index (χ1v) is 7.20. The van der Waals surface area contributed by atoms with Gasteiger partial charge in [0.2, 0.25) is 0 Å². The van der Waals surface area contributed by atoms with Crippen molar-refractivity contribution in [2.24, 2.45) is 0 Å². The molecule has 0 N–H and O–H groups in total. The molecule has 0 bridgehead atoms. The van der Waals surface area contributed by atoms with Crippen LogP contribution in [0.2, 0.25) is 5.15 Å². The van der Waals surface area contributed by atoms with E-state index in [1.54, 1.807) is 19.2 Å². The van der Waals surface area contributed by atoms with E-state index in [0.29, 0.717) is 23.2 Å². The number of ether oxygens (including phenoxy) is 2. The van der Waals surface area contributed by atoms with Crippen LogP contribution in [0.1, 0.15) is 5.69 Å². The van der Waals surface area contributed by atoms with Crippen LogP contribution in [0.15, 0.2) is 33.2 Å². The fourth-order valence-electron chi connectivity index (χ4n) is 1.35. The van der Waals surface area contributed by atoms with Crippen LogP contribution in [-0.2, 0) is 6.61 Å². The summed E-state index contributed by atoms with van der Waals surface area (Å²) in [6.07, 6.45) is 0. The van der Waals surface area contributed by atoms with Gasteiger partial charge in [-0.05, 0) is 56.1 Å². The third-order valence-electron chi connectivity index (χ3n) is 2.27. The largest absolute Gasteiger partial charge is 0.496 e. The average molecular weight is 408 g/mol. The lowest BCUT2D eigenvalue weighted by atomic mass is 10.3. The lowest BCUT2D eigenvalue weighted by molar-refractivity contribution is 0.297. The second kappa shape index (κ2) is 6.54. The smallest absolute Gasteiger partial charge is 0.151 e. The molecule has 0 fully saturated rings. The molecule has 0 aliphatic rings. The van der Waals surface area contributed by atoms with Crippen molar-refractivity contribution in [2.45, 2.75) is 6.61 Å². The summed E-state index contributed by atoms with van der Waals surface area (Å²) in [5.41, 5.74) is 0.697. The summed E-state index contributed by atoms with van der Waals surface area (Å²) in [7, 11) is 1.61. The normalized spacial score (nSPS) is 10.3. The van der Waals surface area contributed by atoms with Gasteiger partial charge in [0.05, 0.1) is 16.1 Å². The average Bonchev–Trinajstić information content (AvgIpc) is 2.41. The lowest BCUT2D eigenvalue weighted by Crippen LogP contribution is -2.00. The Morgan fingerprint density at radius 1 is 1.11 bits per heavy atom. The highest BCUT2D eigenvalue weighted by Crippen LogP contribution is 2.36. The number of hydrogen-bond acceptors (Lipinski definition) is 4. The van der Waals surface area contributed by atoms with E-state index in [9.17, 15) is 0 Å². The monoisotopic (exact) mass is 406 g/mol. The van der Waals surface area contributed by atoms with Crippen LogP contribution >= 0.6 is 43.5 Å². The Bertz CT molecular complexity index is 579. The van der Waals surface area contributed by atoms with Gasteiger partial charge in [-0.1, -0.05) is 11.6 Å². The molecule has 0 radical (unpaired) electrons. The summed E-state index contributed by atoms with van der Waals surface area (Å²) < 4.78 is 12.5. The number of benzene rings is 1. The Labute approximate surface area is 132 Å². The van der Waals surface area contributed by atoms with E-state index in [1.165, 1.54) is 0 Å². The highest BCUT2D eigenvalue weighted by Gasteiger charge is 2.08. The van der Waals surface area contributed by atoms with Gasteiger partial charge in [0.25, 0.3) is 0 Å². The summed E-state index contributed by atoms with van der Waals surface area (Å²) in [6, 6.07) is 7.09. The summed E-state index contributed by atoms with van der Waals surface area (Å²) >= 11 is 12.5. The zero-order valence-electron chi connectivity index (χ0n) is 9.86. The second-order valence-corrected chi connectivity index (χ2v) is 5.65. The molecule has 2 aromatic rings. The van der Waals surface area contributed by atoms with Crippen molar-refractivity contribution < 1.29 is 9.47 Å². The van der Waals surface area contributed by atoms with Gasteiger partial charge < -0.3 is 9.47 Å². The predicted molar refractivity (Wildman–Crippen MR) is 79.8 cm³/mol. The van der Waals surface area contributed by atoms with Crippen LogP contribution in [0, 0.1) is 0 Å². The van der Waals surface area contributed by atoms with Crippen LogP contribution in [0.5, 0.6) is 11.5 Å². The molecular weight excluding hydrogens is 399 g/mol. The summed E-state index contributed by atoms with van der Waals surface area (Å²) in [6.45, 7) is 0.307. The third-order valence-corrected chi connectivity index (χ3v) is 3.71. The van der Waals surface area contributed by atoms with Crippen molar-refractivity contribution in [1.82, 2.24) is 10.2 Å². The number of aromatic nitrogens is 2. The summed E-state index contributed by atoms with van der Waals surface area (Å²) in [5, 5.41) is 8.03. The minimum Gasteiger partial charge on any atom is -0.496 e. The molecule has 0 aliphatic carbocycles. The van der Waals surface area contributed by atoms with E-state index in [2.05, 4.69) is 42.1 Å². The Hall–Kier alpha value is -0.850. The van der Waals surface area contributed by atoms with Crippen molar-refractivity contribution >= 4 is 43.5 Å². The quantitative estimate of drug-likeness (QED) is 0.759. The molecule has 1 aromatic carbocycles. The first-order valence-electron chi connectivity index (χ1n) is 5.24. The van der Waals surface area contributed by atoms with Crippen LogP contribution in [-0.4, -0.2) is 17.3 Å². The lowest BCUT2D eigenvalue weighted by Gasteiger charge is -2.10. The fourth-order valence-corrected chi connectivity index (χ4v) is 2.37. The van der Waals surface area contributed by atoms with Crippen molar-refractivity contribution in [3.63, 3.8) is 0 Å². The molecule has 0 saturated heterocycles. The molecule has 0 saturated carbocycles. The molecule has 1 aromatic heterocycles. The Morgan fingerprint density at radius 2 is 1.79 bits per heavy atom. The summed E-state index contributed by atoms with van der Waals surface area (Å²) in [5.74, 6) is 1.41. The Balaban J connectivity index is 2.11. The van der Waals surface area contributed by atoms with Crippen molar-refractivity contribution in [1.29, 1.82) is 0 Å². The minimum atomic E-state index is 0.307. The molecule has 1 heterocycles. The fraction of sp³-hybridized carbons (Fsp3) is 0.167. The highest BCUT2D eigenvalue weighted by atomic mass is 79.9. The van der Waals surface area contributed by atoms with E-state index in [0.717, 1.165) is 14.7 Å². The molecule has 0 amide bonds. The zero-order valence-corrected chi connectivity index (χ0v) is 13.8. The summed E-state index contributed by atoms with van der Waals surface area (Å²) in [4.78, 5) is 0. The minimum absolute atomic E-state index is 0.307. The molecule has 0 atom stereocenters. The van der Waals surface area contributed by atoms with Gasteiger partial charge >= 0.3 is 0 Å². The Morgan fingerprint density at radius 3 is 2.42 bits per heavy atom. The molecule has 2 rings (SSSR count). The van der Waals surface area contributed by atoms with Crippen LogP contribution in [0.25, 0.3) is 0 Å². The number of methoxy groups -OCH3 is 1. The maximum absolute atomic E-state index is 5.67. The maximum Gasteiger partial charge on any atom is 0.151 e. The number of nitrogens with zero attached hydrogens (tertiary/aromatic N) is 2. The van der Waals surface area contributed by atoms with Crippen LogP contribution in [0.3, 0.4) is 0 Å². The number of halogens is 3. The number of rotatable bonds is 4. The number of hydrogen-bond donors (Lipinski definition) is 0. The maximum atomic E-state index is 5.67. The van der Waals surface area contributed by atoms with Crippen molar-refractivity contribution in [3.05, 3.63) is 44.1 Å². The SMILES string of the molecule is COc1cc(Br)c(OCc2ccc(Cl)nn2)cc1Br. The topological polar surface area (TPSA) is 44.2 Å². The Kier molecular flexibility index (Phi) is 5.01. The second-order valence-electron chi connectivity index (χ2n) is 3.55. The molecular formula is C12H9Br2ClN2O2.